The Kier molecular flexibility index (Phi) is 11.7. The molecule has 0 fully saturated rings. The molecule has 0 saturated heterocycles. The van der Waals surface area contributed by atoms with Gasteiger partial charge in [-0.05, 0) is 93.8 Å². The summed E-state index contributed by atoms with van der Waals surface area (Å²) in [4.78, 5) is 10.2. The number of aryl methyl sites for hydroxylation is 1. The molecule has 6 heteroatoms. The maximum absolute atomic E-state index is 8.57. The van der Waals surface area contributed by atoms with Crippen molar-refractivity contribution in [2.24, 2.45) is 0 Å². The van der Waals surface area contributed by atoms with Crippen LogP contribution in [-0.4, -0.2) is 19.1 Å². The average molecular weight is 1080 g/mol. The van der Waals surface area contributed by atoms with Crippen molar-refractivity contribution < 1.29 is 31.4 Å². The number of fused-ring (bicyclic) bond motifs is 5. The van der Waals surface area contributed by atoms with Crippen molar-refractivity contribution in [2.75, 3.05) is 0 Å². The van der Waals surface area contributed by atoms with Gasteiger partial charge in [-0.2, -0.15) is 0 Å². The summed E-state index contributed by atoms with van der Waals surface area (Å²) in [6.45, 7) is 19.8. The third-order valence-corrected chi connectivity index (χ3v) is 13.0. The van der Waals surface area contributed by atoms with E-state index in [1.165, 1.54) is 27.9 Å². The summed E-state index contributed by atoms with van der Waals surface area (Å²) in [5.41, 5.74) is 15.9. The molecule has 0 aliphatic carbocycles. The zero-order valence-electron chi connectivity index (χ0n) is 45.5. The maximum atomic E-state index is 8.57. The molecule has 1 radical (unpaired) electrons. The Bertz CT molecular complexity index is 3820. The number of imidazole rings is 2. The summed E-state index contributed by atoms with van der Waals surface area (Å²) in [5, 5.41) is 1.76. The molecule has 3 aromatic heterocycles. The van der Waals surface area contributed by atoms with Gasteiger partial charge in [0.05, 0.1) is 46.2 Å². The van der Waals surface area contributed by atoms with Crippen LogP contribution >= 0.6 is 0 Å². The number of hydrogen-bond acceptors (Lipinski definition) is 3. The van der Waals surface area contributed by atoms with Crippen LogP contribution in [0.15, 0.2) is 168 Å². The summed E-state index contributed by atoms with van der Waals surface area (Å²) >= 11 is 0. The fourth-order valence-electron chi connectivity index (χ4n) is 9.69. The number of nitrogens with zero attached hydrogens (tertiary/aromatic N) is 4. The first-order chi connectivity index (χ1) is 35.1. The Morgan fingerprint density at radius 1 is 0.507 bits per heavy atom. The molecule has 0 N–H and O–H groups in total. The van der Waals surface area contributed by atoms with E-state index in [4.69, 9.17) is 21.2 Å². The van der Waals surface area contributed by atoms with Crippen LogP contribution in [0.3, 0.4) is 0 Å². The van der Waals surface area contributed by atoms with Crippen LogP contribution < -0.4 is 0 Å². The van der Waals surface area contributed by atoms with Crippen molar-refractivity contribution >= 4 is 44.0 Å². The quantitative estimate of drug-likeness (QED) is 0.135. The third kappa shape index (κ3) is 8.55. The molecule has 0 unspecified atom stereocenters. The van der Waals surface area contributed by atoms with E-state index in [9.17, 15) is 0 Å². The van der Waals surface area contributed by atoms with Crippen LogP contribution in [0.25, 0.3) is 89.3 Å². The van der Waals surface area contributed by atoms with Gasteiger partial charge in [-0.1, -0.05) is 169 Å². The Balaban J connectivity index is 0.000000205. The second-order valence-corrected chi connectivity index (χ2v) is 18.8. The van der Waals surface area contributed by atoms with Gasteiger partial charge in [-0.15, -0.1) is 54.1 Å². The molecule has 0 spiro atoms. The van der Waals surface area contributed by atoms with E-state index in [0.29, 0.717) is 34.1 Å². The standard InChI is InChI=1S/C38H33N2O.C25H25N2.Ir/c1-23(2)27-15-11-16-28(24(3)4)35(27)40-34-20-10-9-19-33(34)39-38(40)32-18-12-17-30-31-22-21-29(26-13-7-6-8-14-26)25(5)36(31)41-37(30)32;1-17(2)20-13-10-14-21(18(3)4)24(20)27-23-16-9-8-15-22(23)26-25(27)19-11-6-5-7-12-19;/h6-17,19-24H,1-5H3;5-11,13-18H,1-4H3;/q2*-1;/i6D,7D,8D,13D,14D;;. The monoisotopic (exact) mass is 1080 g/mol. The van der Waals surface area contributed by atoms with E-state index in [1.807, 2.05) is 67.6 Å². The molecule has 69 heavy (non-hydrogen) atoms. The van der Waals surface area contributed by atoms with Gasteiger partial charge in [-0.25, -0.2) is 0 Å². The molecule has 3 heterocycles. The van der Waals surface area contributed by atoms with Crippen LogP contribution in [0.4, 0.5) is 0 Å². The summed E-state index contributed by atoms with van der Waals surface area (Å²) < 4.78 is 52.9. The molecule has 0 bridgehead atoms. The van der Waals surface area contributed by atoms with Crippen molar-refractivity contribution in [1.82, 2.24) is 19.1 Å². The van der Waals surface area contributed by atoms with Gasteiger partial charge in [0, 0.05) is 36.9 Å². The van der Waals surface area contributed by atoms with E-state index < -0.39 is 6.04 Å². The minimum absolute atomic E-state index is 0. The molecule has 0 aliphatic heterocycles. The zero-order valence-corrected chi connectivity index (χ0v) is 42.9. The minimum Gasteiger partial charge on any atom is -0.500 e. The van der Waals surface area contributed by atoms with E-state index >= 15 is 0 Å². The number of benzene rings is 8. The number of aromatic nitrogens is 4. The maximum Gasteiger partial charge on any atom is 0.124 e. The molecule has 0 saturated carbocycles. The number of para-hydroxylation sites is 6. The molecule has 0 amide bonds. The van der Waals surface area contributed by atoms with Crippen LogP contribution in [0.1, 0.15) is 114 Å². The molecule has 8 aromatic carbocycles. The fraction of sp³-hybridized carbons (Fsp3) is 0.206. The number of hydrogen-bond donors (Lipinski definition) is 0. The smallest absolute Gasteiger partial charge is 0.124 e. The largest absolute Gasteiger partial charge is 0.500 e. The molecule has 5 nitrogen and oxygen atoms in total. The SMILES string of the molecule is CC(C)c1cccc(C(C)C)c1-n1c(-c2[c-]cccc2)nc2ccccc21.[2H]c1c([2H])c([2H])c(-c2ccc3c(oc4c(-c5nc6ccccc6n5-c5c(C(C)C)cccc5C(C)C)[c-]ccc43)c2C)c([2H])c1[2H].[Ir]. The first-order valence-corrected chi connectivity index (χ1v) is 23.7. The second kappa shape index (κ2) is 19.6. The van der Waals surface area contributed by atoms with E-state index in [-0.39, 0.29) is 61.7 Å². The first kappa shape index (κ1) is 41.1. The van der Waals surface area contributed by atoms with Gasteiger partial charge in [0.1, 0.15) is 5.58 Å². The molecule has 347 valence electrons. The van der Waals surface area contributed by atoms with Gasteiger partial charge < -0.3 is 13.6 Å². The van der Waals surface area contributed by atoms with Crippen LogP contribution in [0.5, 0.6) is 0 Å². The van der Waals surface area contributed by atoms with Crippen molar-refractivity contribution in [3.63, 3.8) is 0 Å². The Hall–Kier alpha value is -6.85. The van der Waals surface area contributed by atoms with Gasteiger partial charge in [-0.3, -0.25) is 9.97 Å². The van der Waals surface area contributed by atoms with Crippen LogP contribution in [0, 0.1) is 19.1 Å². The van der Waals surface area contributed by atoms with Crippen molar-refractivity contribution in [2.45, 2.75) is 86.0 Å². The Morgan fingerprint density at radius 3 is 1.55 bits per heavy atom. The van der Waals surface area contributed by atoms with Gasteiger partial charge in [0.2, 0.25) is 0 Å². The molecule has 0 aliphatic rings. The summed E-state index contributed by atoms with van der Waals surface area (Å²) in [7, 11) is 0. The fourth-order valence-corrected chi connectivity index (χ4v) is 9.69. The van der Waals surface area contributed by atoms with Crippen molar-refractivity contribution in [1.29, 1.82) is 0 Å². The van der Waals surface area contributed by atoms with Gasteiger partial charge in [0.15, 0.2) is 0 Å². The predicted octanol–water partition coefficient (Wildman–Crippen LogP) is 17.4. The topological polar surface area (TPSA) is 48.8 Å². The molecule has 11 aromatic rings. The van der Waals surface area contributed by atoms with Crippen LogP contribution in [-0.2, 0) is 20.1 Å². The zero-order chi connectivity index (χ0) is 51.6. The third-order valence-electron chi connectivity index (χ3n) is 13.0. The summed E-state index contributed by atoms with van der Waals surface area (Å²) in [6.07, 6.45) is 0. The van der Waals surface area contributed by atoms with E-state index in [1.54, 1.807) is 0 Å². The number of furan rings is 1. The van der Waals surface area contributed by atoms with E-state index in [2.05, 4.69) is 149 Å². The first-order valence-electron chi connectivity index (χ1n) is 26.2. The van der Waals surface area contributed by atoms with E-state index in [0.717, 1.165) is 61.3 Å². The molecular weight excluding hydrogens is 1020 g/mol. The predicted molar refractivity (Wildman–Crippen MR) is 284 cm³/mol. The molecule has 11 rings (SSSR count). The van der Waals surface area contributed by atoms with Crippen LogP contribution in [0.2, 0.25) is 0 Å². The summed E-state index contributed by atoms with van der Waals surface area (Å²) in [6, 6.07) is 50.6. The van der Waals surface area contributed by atoms with Gasteiger partial charge in [0.25, 0.3) is 0 Å². The minimum atomic E-state index is -0.413. The average Bonchev–Trinajstić information content (AvgIpc) is 4.10. The Morgan fingerprint density at radius 2 is 1.01 bits per heavy atom. The van der Waals surface area contributed by atoms with Crippen molar-refractivity contribution in [3.8, 4) is 45.3 Å². The second-order valence-electron chi connectivity index (χ2n) is 18.8. The Labute approximate surface area is 427 Å². The van der Waals surface area contributed by atoms with Gasteiger partial charge >= 0.3 is 0 Å². The molecule has 0 atom stereocenters. The molecular formula is C63H58IrN4O-2. The van der Waals surface area contributed by atoms with Crippen molar-refractivity contribution in [3.05, 3.63) is 204 Å². The number of rotatable bonds is 9. The normalized spacial score (nSPS) is 12.7. The summed E-state index contributed by atoms with van der Waals surface area (Å²) in [5.74, 6) is 3.07.